The molecule has 1 fully saturated rings. The molecule has 0 aliphatic carbocycles. The molecule has 27 heavy (non-hydrogen) atoms. The Balaban J connectivity index is 1.64. The van der Waals surface area contributed by atoms with E-state index in [9.17, 15) is 18.0 Å². The van der Waals surface area contributed by atoms with Gasteiger partial charge in [0.05, 0.1) is 12.8 Å². The Hall–Kier alpha value is -2.39. The first-order valence-corrected chi connectivity index (χ1v) is 10.7. The largest absolute Gasteiger partial charge is 0.361 e. The lowest BCUT2D eigenvalue weighted by molar-refractivity contribution is -0.135. The maximum Gasteiger partial charge on any atom is 0.238 e. The van der Waals surface area contributed by atoms with Gasteiger partial charge < -0.3 is 14.8 Å². The Kier molecular flexibility index (Phi) is 5.81. The third-order valence-electron chi connectivity index (χ3n) is 4.90. The van der Waals surface area contributed by atoms with Crippen LogP contribution in [0.25, 0.3) is 10.9 Å². The summed E-state index contributed by atoms with van der Waals surface area (Å²) in [6.07, 6.45) is 4.29. The summed E-state index contributed by atoms with van der Waals surface area (Å²) in [5, 5.41) is 1.06. The lowest BCUT2D eigenvalue weighted by atomic mass is 10.1. The number of carbonyl (C=O) groups is 2. The first-order chi connectivity index (χ1) is 12.9. The Morgan fingerprint density at radius 3 is 2.59 bits per heavy atom. The molecular formula is C18H24N4O4S. The van der Waals surface area contributed by atoms with Crippen LogP contribution in [0.3, 0.4) is 0 Å². The fraction of sp³-hybridized carbons (Fsp3) is 0.444. The lowest BCUT2D eigenvalue weighted by Gasteiger charge is -2.33. The maximum atomic E-state index is 12.5. The van der Waals surface area contributed by atoms with Crippen molar-refractivity contribution in [1.82, 2.24) is 19.1 Å². The number of para-hydroxylation sites is 1. The van der Waals surface area contributed by atoms with E-state index in [-0.39, 0.29) is 19.0 Å². The van der Waals surface area contributed by atoms with Crippen molar-refractivity contribution in [3.05, 3.63) is 36.0 Å². The molecule has 0 saturated carbocycles. The third-order valence-corrected chi connectivity index (χ3v) is 6.15. The highest BCUT2D eigenvalue weighted by molar-refractivity contribution is 7.88. The molecule has 2 aromatic rings. The molecule has 3 rings (SSSR count). The van der Waals surface area contributed by atoms with Gasteiger partial charge in [0.15, 0.2) is 0 Å². The number of aromatic nitrogens is 1. The van der Waals surface area contributed by atoms with Crippen LogP contribution < -0.4 is 0 Å². The summed E-state index contributed by atoms with van der Waals surface area (Å²) in [5.74, 6) is -0.232. The molecule has 8 nitrogen and oxygen atoms in total. The van der Waals surface area contributed by atoms with E-state index >= 15 is 0 Å². The van der Waals surface area contributed by atoms with E-state index in [0.29, 0.717) is 32.6 Å². The van der Waals surface area contributed by atoms with Gasteiger partial charge in [0.2, 0.25) is 22.3 Å². The predicted molar refractivity (Wildman–Crippen MR) is 103 cm³/mol. The number of benzene rings is 1. The summed E-state index contributed by atoms with van der Waals surface area (Å²) in [4.78, 5) is 29.7. The van der Waals surface area contributed by atoms with Crippen LogP contribution in [0, 0.1) is 0 Å². The average Bonchev–Trinajstić information content (AvgIpc) is 3.07. The number of hydrogen-bond donors (Lipinski definition) is 1. The number of piperazine rings is 1. The van der Waals surface area contributed by atoms with Crippen LogP contribution in [0.2, 0.25) is 0 Å². The van der Waals surface area contributed by atoms with Crippen molar-refractivity contribution in [3.8, 4) is 0 Å². The number of rotatable bonds is 7. The summed E-state index contributed by atoms with van der Waals surface area (Å²) >= 11 is 0. The van der Waals surface area contributed by atoms with Gasteiger partial charge in [-0.1, -0.05) is 18.2 Å². The van der Waals surface area contributed by atoms with Crippen molar-refractivity contribution < 1.29 is 18.0 Å². The summed E-state index contributed by atoms with van der Waals surface area (Å²) < 4.78 is 25.6. The molecule has 0 radical (unpaired) electrons. The number of fused-ring (bicyclic) bond motifs is 1. The topological polar surface area (TPSA) is 93.8 Å². The van der Waals surface area contributed by atoms with E-state index in [0.717, 1.165) is 29.1 Å². The Labute approximate surface area is 158 Å². The summed E-state index contributed by atoms with van der Waals surface area (Å²) in [6, 6.07) is 7.84. The van der Waals surface area contributed by atoms with Gasteiger partial charge in [0, 0.05) is 49.8 Å². The number of H-pyrrole nitrogens is 1. The van der Waals surface area contributed by atoms with Crippen molar-refractivity contribution >= 4 is 33.2 Å². The Morgan fingerprint density at radius 2 is 1.93 bits per heavy atom. The minimum Gasteiger partial charge on any atom is -0.361 e. The summed E-state index contributed by atoms with van der Waals surface area (Å²) in [5.41, 5.74) is 2.02. The molecule has 146 valence electrons. The van der Waals surface area contributed by atoms with Gasteiger partial charge in [-0.05, 0) is 18.1 Å². The molecule has 0 bridgehead atoms. The van der Waals surface area contributed by atoms with Crippen LogP contribution >= 0.6 is 0 Å². The standard InChI is InChI=1S/C18H24N4O4S/c1-27(25,26)22(13-18(24)21-10-8-20(14-23)9-11-21)7-6-15-12-19-17-5-3-2-4-16(15)17/h2-5,12,14,19H,6-11,13H2,1H3. The van der Waals surface area contributed by atoms with E-state index in [1.165, 1.54) is 4.31 Å². The van der Waals surface area contributed by atoms with Crippen molar-refractivity contribution in [2.75, 3.05) is 45.5 Å². The van der Waals surface area contributed by atoms with Gasteiger partial charge in [-0.15, -0.1) is 0 Å². The Morgan fingerprint density at radius 1 is 1.22 bits per heavy atom. The summed E-state index contributed by atoms with van der Waals surface area (Å²) in [7, 11) is -3.51. The Bertz CT molecular complexity index is 916. The summed E-state index contributed by atoms with van der Waals surface area (Å²) in [6.45, 7) is 1.87. The fourth-order valence-corrected chi connectivity index (χ4v) is 4.04. The van der Waals surface area contributed by atoms with Crippen LogP contribution in [0.4, 0.5) is 0 Å². The van der Waals surface area contributed by atoms with Gasteiger partial charge in [-0.2, -0.15) is 4.31 Å². The monoisotopic (exact) mass is 392 g/mol. The fourth-order valence-electron chi connectivity index (χ4n) is 3.27. The van der Waals surface area contributed by atoms with Gasteiger partial charge in [-0.25, -0.2) is 8.42 Å². The highest BCUT2D eigenvalue weighted by atomic mass is 32.2. The number of nitrogens with one attached hydrogen (secondary N) is 1. The quantitative estimate of drug-likeness (QED) is 0.685. The number of nitrogens with zero attached hydrogens (tertiary/aromatic N) is 3. The van der Waals surface area contributed by atoms with Gasteiger partial charge in [0.25, 0.3) is 0 Å². The molecule has 9 heteroatoms. The van der Waals surface area contributed by atoms with E-state index in [4.69, 9.17) is 0 Å². The van der Waals surface area contributed by atoms with Crippen LogP contribution in [0.5, 0.6) is 0 Å². The van der Waals surface area contributed by atoms with Crippen LogP contribution in [0.1, 0.15) is 5.56 Å². The highest BCUT2D eigenvalue weighted by Crippen LogP contribution is 2.18. The van der Waals surface area contributed by atoms with E-state index < -0.39 is 10.0 Å². The zero-order valence-corrected chi connectivity index (χ0v) is 16.1. The van der Waals surface area contributed by atoms with E-state index in [2.05, 4.69) is 4.98 Å². The minimum absolute atomic E-state index is 0.178. The van der Waals surface area contributed by atoms with Crippen molar-refractivity contribution in [3.63, 3.8) is 0 Å². The zero-order valence-electron chi connectivity index (χ0n) is 15.3. The molecule has 0 unspecified atom stereocenters. The van der Waals surface area contributed by atoms with Crippen molar-refractivity contribution in [2.45, 2.75) is 6.42 Å². The molecule has 1 saturated heterocycles. The smallest absolute Gasteiger partial charge is 0.238 e. The molecule has 0 atom stereocenters. The molecule has 1 aliphatic heterocycles. The van der Waals surface area contributed by atoms with Gasteiger partial charge in [0.1, 0.15) is 0 Å². The zero-order chi connectivity index (χ0) is 19.4. The predicted octanol–water partition coefficient (Wildman–Crippen LogP) is 0.273. The third kappa shape index (κ3) is 4.67. The lowest BCUT2D eigenvalue weighted by Crippen LogP contribution is -2.51. The van der Waals surface area contributed by atoms with Crippen LogP contribution in [-0.4, -0.2) is 85.3 Å². The SMILES string of the molecule is CS(=O)(=O)N(CCc1c[nH]c2ccccc12)CC(=O)N1CCN(C=O)CC1. The average molecular weight is 392 g/mol. The van der Waals surface area contributed by atoms with Crippen molar-refractivity contribution in [2.24, 2.45) is 0 Å². The second-order valence-corrected chi connectivity index (χ2v) is 8.71. The van der Waals surface area contributed by atoms with Crippen LogP contribution in [-0.2, 0) is 26.0 Å². The number of carbonyl (C=O) groups excluding carboxylic acids is 2. The van der Waals surface area contributed by atoms with Crippen LogP contribution in [0.15, 0.2) is 30.5 Å². The first kappa shape index (κ1) is 19.4. The molecule has 2 heterocycles. The second-order valence-electron chi connectivity index (χ2n) is 6.73. The molecule has 2 amide bonds. The number of amides is 2. The number of hydrogen-bond acceptors (Lipinski definition) is 4. The van der Waals surface area contributed by atoms with Gasteiger partial charge in [-0.3, -0.25) is 9.59 Å². The van der Waals surface area contributed by atoms with E-state index in [1.54, 1.807) is 9.80 Å². The molecule has 1 N–H and O–H groups in total. The highest BCUT2D eigenvalue weighted by Gasteiger charge is 2.26. The van der Waals surface area contributed by atoms with Crippen molar-refractivity contribution in [1.29, 1.82) is 0 Å². The molecule has 1 aromatic carbocycles. The number of sulfonamides is 1. The molecular weight excluding hydrogens is 368 g/mol. The first-order valence-electron chi connectivity index (χ1n) is 8.85. The number of aromatic amines is 1. The normalized spacial score (nSPS) is 15.5. The van der Waals surface area contributed by atoms with Gasteiger partial charge >= 0.3 is 0 Å². The van der Waals surface area contributed by atoms with E-state index in [1.807, 2.05) is 30.5 Å². The molecule has 0 spiro atoms. The second kappa shape index (κ2) is 8.10. The molecule has 1 aromatic heterocycles. The minimum atomic E-state index is -3.51. The maximum absolute atomic E-state index is 12.5. The molecule has 1 aliphatic rings.